The van der Waals surface area contributed by atoms with Gasteiger partial charge in [0.15, 0.2) is 0 Å². The lowest BCUT2D eigenvalue weighted by molar-refractivity contribution is -0.116. The number of carbonyl (C=O) groups is 1. The molecule has 2 aromatic rings. The van der Waals surface area contributed by atoms with Gasteiger partial charge in [0.1, 0.15) is 5.82 Å². The third-order valence-electron chi connectivity index (χ3n) is 4.18. The first-order valence-electron chi connectivity index (χ1n) is 8.10. The van der Waals surface area contributed by atoms with Gasteiger partial charge in [-0.25, -0.2) is 4.39 Å². The van der Waals surface area contributed by atoms with Crippen molar-refractivity contribution in [1.82, 2.24) is 0 Å². The molecule has 1 N–H and O–H groups in total. The second-order valence-corrected chi connectivity index (χ2v) is 5.89. The van der Waals surface area contributed by atoms with Crippen LogP contribution in [0.5, 0.6) is 0 Å². The lowest BCUT2D eigenvalue weighted by Gasteiger charge is -2.21. The summed E-state index contributed by atoms with van der Waals surface area (Å²) in [5.74, 6) is -0.265. The molecular weight excluding hydrogens is 291 g/mol. The molecule has 0 aliphatic carbocycles. The first kappa shape index (κ1) is 15.5. The number of amides is 1. The minimum absolute atomic E-state index is 0.0130. The second kappa shape index (κ2) is 7.27. The van der Waals surface area contributed by atoms with Crippen LogP contribution in [0.4, 0.5) is 15.8 Å². The van der Waals surface area contributed by atoms with Crippen LogP contribution in [0.25, 0.3) is 0 Å². The van der Waals surface area contributed by atoms with Gasteiger partial charge >= 0.3 is 0 Å². The van der Waals surface area contributed by atoms with Crippen molar-refractivity contribution < 1.29 is 9.18 Å². The standard InChI is InChI=1S/C19H21FN2O/c20-16-10-7-15(8-11-16)9-12-19(23)21-17-5-1-2-6-18(17)22-13-3-4-14-22/h1-2,5-8,10-11H,3-4,9,12-14H2,(H,21,23). The van der Waals surface area contributed by atoms with Crippen molar-refractivity contribution >= 4 is 17.3 Å². The van der Waals surface area contributed by atoms with E-state index < -0.39 is 0 Å². The molecule has 0 radical (unpaired) electrons. The van der Waals surface area contributed by atoms with Gasteiger partial charge in [0.05, 0.1) is 11.4 Å². The summed E-state index contributed by atoms with van der Waals surface area (Å²) < 4.78 is 12.9. The molecular formula is C19H21FN2O. The van der Waals surface area contributed by atoms with Crippen molar-refractivity contribution in [2.24, 2.45) is 0 Å². The topological polar surface area (TPSA) is 32.3 Å². The van der Waals surface area contributed by atoms with Gasteiger partial charge in [-0.1, -0.05) is 24.3 Å². The van der Waals surface area contributed by atoms with Gasteiger partial charge < -0.3 is 10.2 Å². The van der Waals surface area contributed by atoms with Crippen LogP contribution < -0.4 is 10.2 Å². The van der Waals surface area contributed by atoms with Crippen molar-refractivity contribution in [2.75, 3.05) is 23.3 Å². The fourth-order valence-corrected chi connectivity index (χ4v) is 2.93. The van der Waals surface area contributed by atoms with Crippen LogP contribution in [0.2, 0.25) is 0 Å². The Hall–Kier alpha value is -2.36. The quantitative estimate of drug-likeness (QED) is 0.905. The minimum atomic E-state index is -0.252. The van der Waals surface area contributed by atoms with Gasteiger partial charge in [0.2, 0.25) is 5.91 Å². The van der Waals surface area contributed by atoms with Crippen LogP contribution in [0, 0.1) is 5.82 Å². The number of nitrogens with one attached hydrogen (secondary N) is 1. The van der Waals surface area contributed by atoms with Gasteiger partial charge in [-0.2, -0.15) is 0 Å². The summed E-state index contributed by atoms with van der Waals surface area (Å²) in [5, 5.41) is 3.01. The number of rotatable bonds is 5. The molecule has 1 heterocycles. The molecule has 1 fully saturated rings. The first-order chi connectivity index (χ1) is 11.2. The molecule has 0 atom stereocenters. The van der Waals surface area contributed by atoms with E-state index in [2.05, 4.69) is 16.3 Å². The van der Waals surface area contributed by atoms with Crippen LogP contribution in [0.1, 0.15) is 24.8 Å². The van der Waals surface area contributed by atoms with E-state index >= 15 is 0 Å². The number of anilines is 2. The summed E-state index contributed by atoms with van der Waals surface area (Å²) >= 11 is 0. The zero-order chi connectivity index (χ0) is 16.1. The molecule has 0 aromatic heterocycles. The molecule has 1 saturated heterocycles. The van der Waals surface area contributed by atoms with Crippen molar-refractivity contribution in [3.05, 3.63) is 59.9 Å². The summed E-state index contributed by atoms with van der Waals surface area (Å²) in [6.45, 7) is 2.09. The number of hydrogen-bond donors (Lipinski definition) is 1. The molecule has 120 valence electrons. The molecule has 0 unspecified atom stereocenters. The summed E-state index contributed by atoms with van der Waals surface area (Å²) in [7, 11) is 0. The van der Waals surface area contributed by atoms with Gasteiger partial charge in [0.25, 0.3) is 0 Å². The fourth-order valence-electron chi connectivity index (χ4n) is 2.93. The largest absolute Gasteiger partial charge is 0.370 e. The number of para-hydroxylation sites is 2. The van der Waals surface area contributed by atoms with E-state index in [1.165, 1.54) is 25.0 Å². The zero-order valence-electron chi connectivity index (χ0n) is 13.1. The molecule has 0 spiro atoms. The third kappa shape index (κ3) is 4.09. The molecule has 4 heteroatoms. The number of halogens is 1. The molecule has 3 rings (SSSR count). The Labute approximate surface area is 136 Å². The third-order valence-corrected chi connectivity index (χ3v) is 4.18. The Balaban J connectivity index is 1.60. The average Bonchev–Trinajstić information content (AvgIpc) is 3.09. The van der Waals surface area contributed by atoms with Crippen LogP contribution in [0.15, 0.2) is 48.5 Å². The molecule has 0 saturated carbocycles. The Morgan fingerprint density at radius 1 is 1.04 bits per heavy atom. The maximum Gasteiger partial charge on any atom is 0.224 e. The highest BCUT2D eigenvalue weighted by molar-refractivity contribution is 5.94. The summed E-state index contributed by atoms with van der Waals surface area (Å²) in [4.78, 5) is 14.5. The maximum absolute atomic E-state index is 12.9. The minimum Gasteiger partial charge on any atom is -0.370 e. The van der Waals surface area contributed by atoms with Crippen LogP contribution in [-0.2, 0) is 11.2 Å². The van der Waals surface area contributed by atoms with E-state index in [0.717, 1.165) is 30.0 Å². The van der Waals surface area contributed by atoms with Gasteiger partial charge in [-0.05, 0) is 49.1 Å². The number of nitrogens with zero attached hydrogens (tertiary/aromatic N) is 1. The Kier molecular flexibility index (Phi) is 4.91. The van der Waals surface area contributed by atoms with Crippen molar-refractivity contribution in [3.8, 4) is 0 Å². The van der Waals surface area contributed by atoms with Crippen LogP contribution in [0.3, 0.4) is 0 Å². The van der Waals surface area contributed by atoms with E-state index in [4.69, 9.17) is 0 Å². The van der Waals surface area contributed by atoms with E-state index in [1.807, 2.05) is 18.2 Å². The molecule has 23 heavy (non-hydrogen) atoms. The fraction of sp³-hybridized carbons (Fsp3) is 0.316. The van der Waals surface area contributed by atoms with E-state index in [0.29, 0.717) is 12.8 Å². The highest BCUT2D eigenvalue weighted by Crippen LogP contribution is 2.28. The number of aryl methyl sites for hydroxylation is 1. The summed E-state index contributed by atoms with van der Waals surface area (Å²) in [5.41, 5.74) is 2.94. The highest BCUT2D eigenvalue weighted by Gasteiger charge is 2.16. The van der Waals surface area contributed by atoms with Gasteiger partial charge in [-0.15, -0.1) is 0 Å². The number of carbonyl (C=O) groups excluding carboxylic acids is 1. The summed E-state index contributed by atoms with van der Waals surface area (Å²) in [6, 6.07) is 14.2. The van der Waals surface area contributed by atoms with Crippen LogP contribution >= 0.6 is 0 Å². The SMILES string of the molecule is O=C(CCc1ccc(F)cc1)Nc1ccccc1N1CCCC1. The van der Waals surface area contributed by atoms with Gasteiger partial charge in [0, 0.05) is 19.5 Å². The van der Waals surface area contributed by atoms with Crippen LogP contribution in [-0.4, -0.2) is 19.0 Å². The lowest BCUT2D eigenvalue weighted by Crippen LogP contribution is -2.21. The molecule has 1 amide bonds. The Morgan fingerprint density at radius 2 is 1.74 bits per heavy atom. The zero-order valence-corrected chi connectivity index (χ0v) is 13.1. The summed E-state index contributed by atoms with van der Waals surface area (Å²) in [6.07, 6.45) is 3.40. The van der Waals surface area contributed by atoms with E-state index in [-0.39, 0.29) is 11.7 Å². The smallest absolute Gasteiger partial charge is 0.224 e. The Morgan fingerprint density at radius 3 is 2.48 bits per heavy atom. The molecule has 1 aliphatic rings. The number of benzene rings is 2. The maximum atomic E-state index is 12.9. The second-order valence-electron chi connectivity index (χ2n) is 5.89. The average molecular weight is 312 g/mol. The molecule has 3 nitrogen and oxygen atoms in total. The Bertz CT molecular complexity index is 663. The van der Waals surface area contributed by atoms with Gasteiger partial charge in [-0.3, -0.25) is 4.79 Å². The van der Waals surface area contributed by atoms with E-state index in [9.17, 15) is 9.18 Å². The molecule has 1 aliphatic heterocycles. The lowest BCUT2D eigenvalue weighted by atomic mass is 10.1. The normalized spacial score (nSPS) is 14.0. The van der Waals surface area contributed by atoms with E-state index in [1.54, 1.807) is 12.1 Å². The highest BCUT2D eigenvalue weighted by atomic mass is 19.1. The molecule has 2 aromatic carbocycles. The van der Waals surface area contributed by atoms with Crippen molar-refractivity contribution in [1.29, 1.82) is 0 Å². The predicted molar refractivity (Wildman–Crippen MR) is 91.2 cm³/mol. The van der Waals surface area contributed by atoms with Crippen molar-refractivity contribution in [3.63, 3.8) is 0 Å². The van der Waals surface area contributed by atoms with Crippen molar-refractivity contribution in [2.45, 2.75) is 25.7 Å². The number of hydrogen-bond acceptors (Lipinski definition) is 2. The predicted octanol–water partition coefficient (Wildman–Crippen LogP) is 4.00. The molecule has 0 bridgehead atoms. The monoisotopic (exact) mass is 312 g/mol. The first-order valence-corrected chi connectivity index (χ1v) is 8.10.